The number of aromatic nitrogens is 8. The summed E-state index contributed by atoms with van der Waals surface area (Å²) in [6.45, 7) is 35.8. The van der Waals surface area contributed by atoms with Crippen LogP contribution in [0.5, 0.6) is 0 Å². The summed E-state index contributed by atoms with van der Waals surface area (Å²) >= 11 is 30.1. The van der Waals surface area contributed by atoms with E-state index >= 15 is 0 Å². The number of ether oxygens (including phenoxy) is 1. The fourth-order valence-electron chi connectivity index (χ4n) is 9.76. The van der Waals surface area contributed by atoms with Gasteiger partial charge in [0.05, 0.1) is 80.8 Å². The molecule has 643 valence electrons. The summed E-state index contributed by atoms with van der Waals surface area (Å²) < 4.78 is 45.1. The van der Waals surface area contributed by atoms with Crippen LogP contribution in [-0.4, -0.2) is 138 Å². The number of amides is 4. The molecule has 9 aromatic rings. The molecule has 2 saturated carbocycles. The Labute approximate surface area is 751 Å². The Bertz CT molecular complexity index is 4630. The predicted octanol–water partition coefficient (Wildman–Crippen LogP) is 16.7. The second kappa shape index (κ2) is 47.9. The molecule has 2 aliphatic carbocycles. The molecule has 43 heteroatoms. The van der Waals surface area contributed by atoms with Crippen LogP contribution in [-0.2, 0) is 94.2 Å². The Balaban J connectivity index is 0.000000249. The second-order valence-electron chi connectivity index (χ2n) is 29.8. The average Bonchev–Trinajstić information content (AvgIpc) is 1.59. The number of aromatic amines is 2. The molecule has 0 bridgehead atoms. The molecular weight excluding hydrogens is 1810 g/mol. The maximum atomic E-state index is 11.0. The van der Waals surface area contributed by atoms with Crippen molar-refractivity contribution >= 4 is 217 Å². The van der Waals surface area contributed by atoms with E-state index in [4.69, 9.17) is 56.9 Å². The third-order valence-corrected chi connectivity index (χ3v) is 24.8. The first-order chi connectivity index (χ1) is 55.3. The number of carbonyl (C=O) groups is 6. The summed E-state index contributed by atoms with van der Waals surface area (Å²) in [6.07, 6.45) is 8.00. The molecule has 3 aliphatic heterocycles. The van der Waals surface area contributed by atoms with E-state index in [0.717, 1.165) is 45.3 Å². The van der Waals surface area contributed by atoms with Gasteiger partial charge in [-0.25, -0.2) is 19.9 Å². The van der Waals surface area contributed by atoms with Crippen molar-refractivity contribution in [2.24, 2.45) is 10.0 Å². The molecule has 29 nitrogen and oxygen atoms in total. The quantitative estimate of drug-likeness (QED) is 0.0125. The SMILES string of the molecule is C.CC(=O)NCc1ccc(-c2ncc(Cl)c(Nc3cc(C4CC4)[nH]n3)n2)s1.CC(=O)NCc1ccc(B2OC(C)(C)C(C)(C)O2)s1.CC(=O)NCc1ccc(Br)s1.CC(=O)NCc1cccs1.CC(=O)OC(C)=O.CC1(C)OB(B2OC(C)(C)C(C)(C)O2)OC1(C)C.Clc1cnc(Br)nc1Nc1cc(C2CC2)[nH]n1.NCc1cccs1.[B]=NS. The number of thiol groups is 1. The Morgan fingerprint density at radius 3 is 1.30 bits per heavy atom. The van der Waals surface area contributed by atoms with Crippen molar-refractivity contribution in [1.82, 2.24) is 61.6 Å². The van der Waals surface area contributed by atoms with E-state index in [1.807, 2.05) is 167 Å². The molecule has 12 heterocycles. The number of nitrogens with one attached hydrogen (secondary N) is 8. The van der Waals surface area contributed by atoms with Gasteiger partial charge in [0.15, 0.2) is 33.8 Å². The molecule has 3 saturated heterocycles. The van der Waals surface area contributed by atoms with Crippen molar-refractivity contribution in [3.05, 3.63) is 150 Å². The zero-order valence-electron chi connectivity index (χ0n) is 69.1. The summed E-state index contributed by atoms with van der Waals surface area (Å²) in [7, 11) is 3.07. The third-order valence-electron chi connectivity index (χ3n) is 18.3. The van der Waals surface area contributed by atoms with Gasteiger partial charge >= 0.3 is 57.8 Å². The van der Waals surface area contributed by atoms with Crippen LogP contribution < -0.4 is 42.4 Å². The standard InChI is InChI=1S/C17H17ClN6OS.C13H20BNO3S.C12H24B2O4.C10H9BrClN5.C7H8BrNOS.C7H9NOS.C5H7NS.C4H6O3.CH4.BHNS/c1-9(25)19-7-11-4-5-14(26-11)17-20-8-12(18)16(22-17)21-15-6-13(23-24-15)10-2-3-10;1-9(16)15-8-10-6-7-11(19-10)14-17-12(2,3)13(4,5)18-14;1-9(2)10(3,4)16-13(15-9)14-17-11(5,6)12(7,8)18-14;11-10-13-4-6(12)9(15-10)14-8-3-7(16-17-8)5-1-2-5;1-5(10)9-4-6-2-3-7(8)11-6;1-6(9)8-5-7-3-2-4-10-7;6-4-5-2-1-3-7-5;1-3(5)7-4(2)6;;1-2-3/h4-6,8,10H,2-3,7H2,1H3,(H,19,25)(H2,20,21,22,23,24);6-7H,8H2,1-5H3,(H,15,16);1-8H3;3-5H,1-2H2,(H2,13,14,15,16,17);2-3H,4H2,1H3,(H,9,10);2-4H,5H2,1H3,(H,8,9);1-3H,4,6H2;1-2H3;1H4;3H. The fourth-order valence-corrected chi connectivity index (χ4v) is 14.8. The number of nitrogens with two attached hydrogens (primary N) is 1. The van der Waals surface area contributed by atoms with Gasteiger partial charge in [0.1, 0.15) is 10.0 Å². The first-order valence-corrected chi connectivity index (χ1v) is 44.1. The maximum absolute atomic E-state index is 11.0. The van der Waals surface area contributed by atoms with Crippen molar-refractivity contribution in [1.29, 1.82) is 0 Å². The molecule has 9 aromatic heterocycles. The first-order valence-electron chi connectivity index (χ1n) is 37.1. The molecular formula is C76H105B4Br2Cl2N16O13S6. The molecule has 0 aromatic carbocycles. The van der Waals surface area contributed by atoms with E-state index in [9.17, 15) is 28.8 Å². The summed E-state index contributed by atoms with van der Waals surface area (Å²) in [6, 6.07) is 23.9. The number of nitrogens with zero attached hydrogens (tertiary/aromatic N) is 7. The predicted molar refractivity (Wildman–Crippen MR) is 490 cm³/mol. The van der Waals surface area contributed by atoms with Crippen LogP contribution in [0, 0.1) is 0 Å². The number of carbonyl (C=O) groups excluding carboxylic acids is 6. The second-order valence-corrected chi connectivity index (χ2v) is 38.5. The zero-order valence-corrected chi connectivity index (χ0v) is 78.7. The van der Waals surface area contributed by atoms with Crippen molar-refractivity contribution in [2.75, 3.05) is 10.6 Å². The van der Waals surface area contributed by atoms with Gasteiger partial charge in [-0.1, -0.05) is 48.8 Å². The van der Waals surface area contributed by atoms with Crippen LogP contribution >= 0.6 is 125 Å². The van der Waals surface area contributed by atoms with Crippen molar-refractivity contribution < 1.29 is 61.4 Å². The number of thiophene rings is 5. The summed E-state index contributed by atoms with van der Waals surface area (Å²) in [5.41, 5.74) is 5.53. The van der Waals surface area contributed by atoms with Gasteiger partial charge < -0.3 is 70.3 Å². The van der Waals surface area contributed by atoms with Gasteiger partial charge in [-0.3, -0.25) is 39.0 Å². The van der Waals surface area contributed by atoms with Gasteiger partial charge in [0.25, 0.3) is 0 Å². The van der Waals surface area contributed by atoms with Gasteiger partial charge in [0, 0.05) is 113 Å². The minimum atomic E-state index is -0.562. The van der Waals surface area contributed by atoms with Crippen LogP contribution in [0.3, 0.4) is 0 Å². The number of hydrogen-bond acceptors (Lipinski definition) is 29. The molecule has 4 amide bonds. The van der Waals surface area contributed by atoms with Crippen molar-refractivity contribution in [2.45, 2.75) is 236 Å². The molecule has 0 spiro atoms. The third kappa shape index (κ3) is 34.9. The van der Waals surface area contributed by atoms with Crippen LogP contribution in [0.1, 0.15) is 205 Å². The van der Waals surface area contributed by atoms with E-state index in [1.165, 1.54) is 94.5 Å². The number of esters is 2. The summed E-state index contributed by atoms with van der Waals surface area (Å²) in [5, 5.41) is 36.7. The molecule has 5 aliphatic rings. The molecule has 14 rings (SSSR count). The number of anilines is 4. The Morgan fingerprint density at radius 1 is 0.555 bits per heavy atom. The molecule has 1 radical (unpaired) electrons. The van der Waals surface area contributed by atoms with Crippen molar-refractivity contribution in [3.8, 4) is 10.7 Å². The number of H-pyrrole nitrogens is 2. The normalized spacial score (nSPS) is 16.0. The topological polar surface area (TPSA) is 387 Å². The van der Waals surface area contributed by atoms with Crippen LogP contribution in [0.15, 0.2) is 109 Å². The van der Waals surface area contributed by atoms with Gasteiger partial charge in [-0.2, -0.15) is 10.2 Å². The minimum absolute atomic E-state index is 0. The Kier molecular flexibility index (Phi) is 41.4. The van der Waals surface area contributed by atoms with Gasteiger partial charge in [0.2, 0.25) is 23.6 Å². The Morgan fingerprint density at radius 2 is 0.933 bits per heavy atom. The monoisotopic (exact) mass is 1910 g/mol. The van der Waals surface area contributed by atoms with E-state index in [-0.39, 0.29) is 71.8 Å². The number of halogens is 4. The molecule has 10 N–H and O–H groups in total. The first kappa shape index (κ1) is 103. The molecule has 0 unspecified atom stereocenters. The summed E-state index contributed by atoms with van der Waals surface area (Å²) in [5.74, 6) is 3.12. The van der Waals surface area contributed by atoms with E-state index in [1.54, 1.807) is 51.5 Å². The van der Waals surface area contributed by atoms with Crippen LogP contribution in [0.25, 0.3) is 10.7 Å². The molecule has 0 atom stereocenters. The van der Waals surface area contributed by atoms with Gasteiger partial charge in [-0.15, -0.1) is 56.7 Å². The number of rotatable bonds is 18. The van der Waals surface area contributed by atoms with E-state index < -0.39 is 26.0 Å². The zero-order chi connectivity index (χ0) is 87.5. The summed E-state index contributed by atoms with van der Waals surface area (Å²) in [4.78, 5) is 86.0. The van der Waals surface area contributed by atoms with Crippen LogP contribution in [0.2, 0.25) is 10.0 Å². The average molecular weight is 1920 g/mol. The van der Waals surface area contributed by atoms with Gasteiger partial charge in [-0.05, 0) is 194 Å². The van der Waals surface area contributed by atoms with Crippen molar-refractivity contribution in [3.63, 3.8) is 0 Å². The van der Waals surface area contributed by atoms with E-state index in [2.05, 4.69) is 134 Å². The fraction of sp³-hybridized carbons (Fsp3) is 0.474. The molecule has 119 heavy (non-hydrogen) atoms. The molecule has 5 fully saturated rings. The number of hydrogen-bond donors (Lipinski definition) is 10. The van der Waals surface area contributed by atoms with Crippen LogP contribution in [0.4, 0.5) is 23.3 Å². The Hall–Kier alpha value is -6.63. The van der Waals surface area contributed by atoms with E-state index in [0.29, 0.717) is 82.6 Å².